The zero-order chi connectivity index (χ0) is 83.6. The fourth-order valence-electron chi connectivity index (χ4n) is 18.9. The Bertz CT molecular complexity index is 8910. The Morgan fingerprint density at radius 3 is 1.02 bits per heavy atom. The number of aromatic nitrogens is 8. The second kappa shape index (κ2) is 29.8. The van der Waals surface area contributed by atoms with Crippen LogP contribution in [0.2, 0.25) is 0 Å². The summed E-state index contributed by atoms with van der Waals surface area (Å²) in [6.45, 7) is 0. The maximum absolute atomic E-state index is 6.34. The van der Waals surface area contributed by atoms with E-state index in [1.807, 2.05) is 128 Å². The third kappa shape index (κ3) is 12.6. The summed E-state index contributed by atoms with van der Waals surface area (Å²) in [6.07, 6.45) is 9.44. The summed E-state index contributed by atoms with van der Waals surface area (Å²) >= 11 is 0. The first-order chi connectivity index (χ1) is 62.9. The molecule has 0 atom stereocenters. The molecular formula is C116H68N8O3. The van der Waals surface area contributed by atoms with E-state index in [0.717, 1.165) is 181 Å². The van der Waals surface area contributed by atoms with Crippen LogP contribution in [0.3, 0.4) is 0 Å². The third-order valence-corrected chi connectivity index (χ3v) is 25.0. The highest BCUT2D eigenvalue weighted by atomic mass is 16.3. The third-order valence-electron chi connectivity index (χ3n) is 25.0. The van der Waals surface area contributed by atoms with E-state index in [2.05, 4.69) is 290 Å². The van der Waals surface area contributed by atoms with E-state index < -0.39 is 0 Å². The molecule has 27 rings (SSSR count). The molecule has 0 saturated carbocycles. The molecule has 0 saturated heterocycles. The molecule has 127 heavy (non-hydrogen) atoms. The zero-order valence-corrected chi connectivity index (χ0v) is 68.1. The van der Waals surface area contributed by atoms with Gasteiger partial charge < -0.3 is 13.3 Å². The van der Waals surface area contributed by atoms with E-state index in [-0.39, 0.29) is 0 Å². The van der Waals surface area contributed by atoms with Crippen LogP contribution in [0.15, 0.2) is 426 Å². The van der Waals surface area contributed by atoms with E-state index in [4.69, 9.17) is 48.1 Å². The number of fused-ring (bicyclic) bond motifs is 21. The normalized spacial score (nSPS) is 11.8. The molecule has 0 N–H and O–H groups in total. The molecule has 1 aliphatic carbocycles. The number of pyridine rings is 5. The molecule has 0 bridgehead atoms. The summed E-state index contributed by atoms with van der Waals surface area (Å²) in [5.74, 6) is 1.88. The van der Waals surface area contributed by atoms with Crippen molar-refractivity contribution in [3.63, 3.8) is 0 Å². The monoisotopic (exact) mass is 1620 g/mol. The summed E-state index contributed by atoms with van der Waals surface area (Å²) in [4.78, 5) is 38.6. The Morgan fingerprint density at radius 1 is 0.157 bits per heavy atom. The van der Waals surface area contributed by atoms with Gasteiger partial charge in [-0.1, -0.05) is 267 Å². The highest BCUT2D eigenvalue weighted by Gasteiger charge is 2.25. The molecule has 0 unspecified atom stereocenters. The van der Waals surface area contributed by atoms with Gasteiger partial charge in [-0.15, -0.1) is 0 Å². The summed E-state index contributed by atoms with van der Waals surface area (Å²) in [6, 6.07) is 133. The first-order valence-electron chi connectivity index (χ1n) is 42.5. The van der Waals surface area contributed by atoms with Gasteiger partial charge in [0, 0.05) is 129 Å². The van der Waals surface area contributed by atoms with E-state index in [1.165, 1.54) is 66.2 Å². The van der Waals surface area contributed by atoms with Crippen molar-refractivity contribution in [3.8, 4) is 123 Å². The Morgan fingerprint density at radius 2 is 0.496 bits per heavy atom. The van der Waals surface area contributed by atoms with Gasteiger partial charge in [0.05, 0.1) is 27.6 Å². The number of furan rings is 3. The van der Waals surface area contributed by atoms with Crippen molar-refractivity contribution < 1.29 is 13.3 Å². The smallest absolute Gasteiger partial charge is 0.164 e. The lowest BCUT2D eigenvalue weighted by molar-refractivity contribution is 0.668. The maximum atomic E-state index is 6.34. The molecule has 0 radical (unpaired) electrons. The summed E-state index contributed by atoms with van der Waals surface area (Å²) in [7, 11) is 0. The Hall–Kier alpha value is -17.3. The number of hydrogen-bond acceptors (Lipinski definition) is 11. The van der Waals surface area contributed by atoms with Crippen LogP contribution in [0, 0.1) is 0 Å². The number of nitrogens with zero attached hydrogens (tertiary/aromatic N) is 8. The van der Waals surface area contributed by atoms with Crippen LogP contribution >= 0.6 is 0 Å². The van der Waals surface area contributed by atoms with Crippen molar-refractivity contribution in [2.24, 2.45) is 0 Å². The minimum absolute atomic E-state index is 0.613. The molecule has 0 fully saturated rings. The Kier molecular flexibility index (Phi) is 17.0. The van der Waals surface area contributed by atoms with Crippen LogP contribution in [0.1, 0.15) is 0 Å². The minimum Gasteiger partial charge on any atom is -0.456 e. The molecule has 26 aromatic rings. The topological polar surface area (TPSA) is 143 Å². The zero-order valence-electron chi connectivity index (χ0n) is 68.1. The molecule has 9 heterocycles. The fraction of sp³-hybridized carbons (Fsp3) is 0. The van der Waals surface area contributed by atoms with Gasteiger partial charge in [0.25, 0.3) is 0 Å². The Labute approximate surface area is 726 Å². The van der Waals surface area contributed by atoms with Gasteiger partial charge in [-0.25, -0.2) is 15.0 Å². The predicted octanol–water partition coefficient (Wildman–Crippen LogP) is 30.6. The molecular weight excluding hydrogens is 1550 g/mol. The molecule has 11 heteroatoms. The van der Waals surface area contributed by atoms with E-state index in [0.29, 0.717) is 17.5 Å². The van der Waals surface area contributed by atoms with Gasteiger partial charge >= 0.3 is 0 Å². The first-order valence-corrected chi connectivity index (χ1v) is 42.5. The van der Waals surface area contributed by atoms with Crippen molar-refractivity contribution in [2.45, 2.75) is 0 Å². The van der Waals surface area contributed by atoms with E-state index in [9.17, 15) is 0 Å². The second-order valence-corrected chi connectivity index (χ2v) is 32.4. The van der Waals surface area contributed by atoms with Gasteiger partial charge in [-0.3, -0.25) is 24.9 Å². The molecule has 590 valence electrons. The van der Waals surface area contributed by atoms with E-state index >= 15 is 0 Å². The van der Waals surface area contributed by atoms with Crippen LogP contribution < -0.4 is 0 Å². The molecule has 0 amide bonds. The van der Waals surface area contributed by atoms with Crippen molar-refractivity contribution in [3.05, 3.63) is 413 Å². The predicted molar refractivity (Wildman–Crippen MR) is 519 cm³/mol. The quantitative estimate of drug-likeness (QED) is 0.127. The number of hydrogen-bond donors (Lipinski definition) is 0. The molecule has 9 aromatic heterocycles. The Balaban J connectivity index is 0.000000104. The first kappa shape index (κ1) is 72.5. The maximum Gasteiger partial charge on any atom is 0.164 e. The largest absolute Gasteiger partial charge is 0.456 e. The SMILES string of the molecule is c1ccc(-c2cccc(-c3ccc4oc5ccc(-c6cnc7c(ccc8cccnc87)c6)cc5c4c3)c2)cc1.c1ccc(-c2nc(-c3ccccc3)nc(-c3ccc4oc5ccc(-c6cccc7ccc8cccnc8c67)cc5c4c3)n2)cc1.c1ccc2c(c1)-c1ccnc3c(-c4ccc5oc6ccc(-c7cccc8ccc9cccnc9c78)cc6c5c4)ccc-2c13. The van der Waals surface area contributed by atoms with Crippen LogP contribution in [0.4, 0.5) is 0 Å². The molecule has 17 aromatic carbocycles. The lowest BCUT2D eigenvalue weighted by Crippen LogP contribution is -2.00. The summed E-state index contributed by atoms with van der Waals surface area (Å²) in [5.41, 5.74) is 31.7. The van der Waals surface area contributed by atoms with Gasteiger partial charge in [0.15, 0.2) is 17.5 Å². The van der Waals surface area contributed by atoms with Crippen molar-refractivity contribution in [1.82, 2.24) is 39.9 Å². The van der Waals surface area contributed by atoms with Gasteiger partial charge in [0.1, 0.15) is 33.5 Å². The summed E-state index contributed by atoms with van der Waals surface area (Å²) < 4.78 is 18.9. The van der Waals surface area contributed by atoms with Crippen LogP contribution in [-0.4, -0.2) is 39.9 Å². The molecule has 11 nitrogen and oxygen atoms in total. The van der Waals surface area contributed by atoms with Gasteiger partial charge in [0.2, 0.25) is 0 Å². The molecule has 0 aliphatic heterocycles. The molecule has 0 spiro atoms. The fourth-order valence-corrected chi connectivity index (χ4v) is 18.9. The van der Waals surface area contributed by atoms with Crippen LogP contribution in [0.5, 0.6) is 0 Å². The van der Waals surface area contributed by atoms with Crippen LogP contribution in [-0.2, 0) is 0 Å². The van der Waals surface area contributed by atoms with Crippen LogP contribution in [0.25, 0.3) is 265 Å². The summed E-state index contributed by atoms with van der Waals surface area (Å²) in [5, 5.41) is 16.8. The van der Waals surface area contributed by atoms with Crippen molar-refractivity contribution in [1.29, 1.82) is 0 Å². The number of benzene rings is 17. The lowest BCUT2D eigenvalue weighted by atomic mass is 9.94. The lowest BCUT2D eigenvalue weighted by Gasteiger charge is -2.10. The van der Waals surface area contributed by atoms with E-state index in [1.54, 1.807) is 0 Å². The highest BCUT2D eigenvalue weighted by molar-refractivity contribution is 6.20. The van der Waals surface area contributed by atoms with Crippen molar-refractivity contribution in [2.75, 3.05) is 0 Å². The van der Waals surface area contributed by atoms with Crippen molar-refractivity contribution >= 4 is 142 Å². The minimum atomic E-state index is 0.613. The average Bonchev–Trinajstić information content (AvgIpc) is 1.58. The molecule has 1 aliphatic rings. The van der Waals surface area contributed by atoms with Gasteiger partial charge in [-0.2, -0.15) is 0 Å². The number of rotatable bonds is 9. The second-order valence-electron chi connectivity index (χ2n) is 32.4. The standard InChI is InChI=1S/C40H24N4O.C40H22N2O.C36H22N2O/c1-3-9-27(10-4-1)38-42-39(28-11-5-2-6-12-28)44-40(43-38)30-19-21-35-33(24-30)32-23-29(18-20-34(32)45-35)31-15-7-13-25-16-17-26-14-8-22-41-37(26)36(25)31;1-2-8-30-29(7-1)31-15-14-28(40-38(31)32(30)18-20-42-40)26-13-17-36-34(22-26)33-21-25(12-16-35(33)43-36)27-9-3-5-23-10-11-24-6-4-19-41-39(24)37(23)27;1-2-6-23(7-3-1)25-8-4-9-26(18-25)27-13-15-33-31(20-27)32-21-28(14-16-34(32)39-33)30-19-29-12-11-24-10-5-17-37-35(24)36(29)38-22-30/h1-24H;1-22H;1-22H. The highest BCUT2D eigenvalue weighted by Crippen LogP contribution is 2.50. The average molecular weight is 1620 g/mol. The van der Waals surface area contributed by atoms with Gasteiger partial charge in [-0.05, 0) is 204 Å².